The molecule has 3 rings (SSSR count). The number of carbonyl (C=O) groups is 1. The first-order chi connectivity index (χ1) is 12.3. The third kappa shape index (κ3) is 6.82. The minimum atomic E-state index is -0.129. The van der Waals surface area contributed by atoms with Crippen molar-refractivity contribution in [3.63, 3.8) is 0 Å². The second kappa shape index (κ2) is 12.0. The van der Waals surface area contributed by atoms with Crippen molar-refractivity contribution >= 4 is 53.4 Å². The maximum Gasteiger partial charge on any atom is 0.270 e. The van der Waals surface area contributed by atoms with Gasteiger partial charge in [0, 0.05) is 48.1 Å². The highest BCUT2D eigenvalue weighted by Crippen LogP contribution is 2.21. The molecule has 0 unspecified atom stereocenters. The summed E-state index contributed by atoms with van der Waals surface area (Å²) in [6.07, 6.45) is 5.92. The highest BCUT2D eigenvalue weighted by molar-refractivity contribution is 7.10. The summed E-state index contributed by atoms with van der Waals surface area (Å²) in [5.74, 6) is -0.129. The maximum atomic E-state index is 12.0. The third-order valence-corrected chi connectivity index (χ3v) is 5.34. The van der Waals surface area contributed by atoms with Gasteiger partial charge in [0.15, 0.2) is 0 Å². The molecule has 0 aliphatic heterocycles. The van der Waals surface area contributed by atoms with E-state index in [1.54, 1.807) is 29.1 Å². The average Bonchev–Trinajstić information content (AvgIpc) is 3.29. The van der Waals surface area contributed by atoms with Gasteiger partial charge in [-0.05, 0) is 25.1 Å². The van der Waals surface area contributed by atoms with Crippen LogP contribution in [0.15, 0.2) is 35.3 Å². The molecular weight excluding hydrogens is 425 g/mol. The van der Waals surface area contributed by atoms with E-state index in [0.29, 0.717) is 25.2 Å². The number of thiazole rings is 2. The molecule has 0 saturated carbocycles. The first-order valence-corrected chi connectivity index (χ1v) is 9.79. The second-order valence-electron chi connectivity index (χ2n) is 5.39. The summed E-state index contributed by atoms with van der Waals surface area (Å²) in [7, 11) is 0. The standard InChI is InChI=1S/C17H19N5OS2.2ClH/c18-6-3-16-22-14(11-25-16)17(23)20-7-1-2-15-21-13(10-24-15)12-4-8-19-9-5-12;;/h4-5,8-11H,1-3,6-7,18H2,(H,20,23);2*1H. The van der Waals surface area contributed by atoms with Gasteiger partial charge in [0.2, 0.25) is 0 Å². The zero-order valence-electron chi connectivity index (χ0n) is 14.5. The fourth-order valence-electron chi connectivity index (χ4n) is 2.27. The zero-order valence-corrected chi connectivity index (χ0v) is 17.7. The fourth-order valence-corrected chi connectivity index (χ4v) is 3.91. The van der Waals surface area contributed by atoms with Crippen molar-refractivity contribution < 1.29 is 4.79 Å². The van der Waals surface area contributed by atoms with Crippen LogP contribution in [0.1, 0.15) is 26.9 Å². The van der Waals surface area contributed by atoms with Gasteiger partial charge >= 0.3 is 0 Å². The quantitative estimate of drug-likeness (QED) is 0.518. The Morgan fingerprint density at radius 2 is 1.74 bits per heavy atom. The van der Waals surface area contributed by atoms with Crippen LogP contribution in [0.5, 0.6) is 0 Å². The number of nitrogens with two attached hydrogens (primary N) is 1. The van der Waals surface area contributed by atoms with Crippen LogP contribution in [0.25, 0.3) is 11.3 Å². The maximum absolute atomic E-state index is 12.0. The smallest absolute Gasteiger partial charge is 0.270 e. The Bertz CT molecular complexity index is 826. The van der Waals surface area contributed by atoms with Gasteiger partial charge in [-0.25, -0.2) is 9.97 Å². The van der Waals surface area contributed by atoms with Crippen molar-refractivity contribution in [2.75, 3.05) is 13.1 Å². The summed E-state index contributed by atoms with van der Waals surface area (Å²) >= 11 is 3.12. The number of pyridine rings is 1. The highest BCUT2D eigenvalue weighted by Gasteiger charge is 2.10. The lowest BCUT2D eigenvalue weighted by Gasteiger charge is -2.02. The first-order valence-electron chi connectivity index (χ1n) is 8.03. The molecule has 1 amide bonds. The van der Waals surface area contributed by atoms with Crippen molar-refractivity contribution in [2.24, 2.45) is 5.73 Å². The Morgan fingerprint density at radius 1 is 1.04 bits per heavy atom. The lowest BCUT2D eigenvalue weighted by Crippen LogP contribution is -2.25. The summed E-state index contributed by atoms with van der Waals surface area (Å²) in [4.78, 5) is 25.0. The fraction of sp³-hybridized carbons (Fsp3) is 0.294. The molecule has 0 fully saturated rings. The molecule has 0 bridgehead atoms. The van der Waals surface area contributed by atoms with Crippen molar-refractivity contribution in [1.29, 1.82) is 0 Å². The van der Waals surface area contributed by atoms with Gasteiger partial charge < -0.3 is 11.1 Å². The number of nitrogens with one attached hydrogen (secondary N) is 1. The predicted molar refractivity (Wildman–Crippen MR) is 115 cm³/mol. The van der Waals surface area contributed by atoms with Gasteiger partial charge in [0.25, 0.3) is 5.91 Å². The zero-order chi connectivity index (χ0) is 17.5. The number of nitrogens with zero attached hydrogens (tertiary/aromatic N) is 3. The van der Waals surface area contributed by atoms with E-state index >= 15 is 0 Å². The first kappa shape index (κ1) is 23.5. The summed E-state index contributed by atoms with van der Waals surface area (Å²) in [5.41, 5.74) is 8.02. The van der Waals surface area contributed by atoms with Gasteiger partial charge in [-0.15, -0.1) is 47.5 Å². The van der Waals surface area contributed by atoms with Crippen LogP contribution in [0, 0.1) is 0 Å². The molecule has 0 saturated heterocycles. The van der Waals surface area contributed by atoms with Gasteiger partial charge in [-0.3, -0.25) is 9.78 Å². The topological polar surface area (TPSA) is 93.8 Å². The highest BCUT2D eigenvalue weighted by atomic mass is 35.5. The van der Waals surface area contributed by atoms with E-state index < -0.39 is 0 Å². The van der Waals surface area contributed by atoms with Gasteiger partial charge in [0.1, 0.15) is 5.69 Å². The summed E-state index contributed by atoms with van der Waals surface area (Å²) in [6.45, 7) is 1.15. The minimum absolute atomic E-state index is 0. The number of hydrogen-bond acceptors (Lipinski definition) is 7. The van der Waals surface area contributed by atoms with Crippen LogP contribution in [-0.2, 0) is 12.8 Å². The van der Waals surface area contributed by atoms with Gasteiger partial charge in [-0.2, -0.15) is 0 Å². The molecule has 3 heterocycles. The predicted octanol–water partition coefficient (Wildman–Crippen LogP) is 3.37. The van der Waals surface area contributed by atoms with Crippen molar-refractivity contribution in [1.82, 2.24) is 20.3 Å². The normalized spacial score (nSPS) is 9.96. The van der Waals surface area contributed by atoms with E-state index in [2.05, 4.69) is 25.6 Å². The summed E-state index contributed by atoms with van der Waals surface area (Å²) in [6, 6.07) is 3.90. The molecule has 0 spiro atoms. The lowest BCUT2D eigenvalue weighted by atomic mass is 10.2. The molecule has 0 atom stereocenters. The van der Waals surface area contributed by atoms with Gasteiger partial charge in [-0.1, -0.05) is 0 Å². The van der Waals surface area contributed by atoms with Crippen molar-refractivity contribution in [3.8, 4) is 11.3 Å². The number of hydrogen-bond donors (Lipinski definition) is 2. The van der Waals surface area contributed by atoms with E-state index in [1.165, 1.54) is 11.3 Å². The Kier molecular flexibility index (Phi) is 10.4. The van der Waals surface area contributed by atoms with Crippen LogP contribution >= 0.6 is 47.5 Å². The molecule has 0 aliphatic carbocycles. The number of amides is 1. The Morgan fingerprint density at radius 3 is 2.48 bits per heavy atom. The van der Waals surface area contributed by atoms with Crippen LogP contribution in [0.2, 0.25) is 0 Å². The molecule has 10 heteroatoms. The van der Waals surface area contributed by atoms with Crippen LogP contribution in [0.3, 0.4) is 0 Å². The molecule has 27 heavy (non-hydrogen) atoms. The summed E-state index contributed by atoms with van der Waals surface area (Å²) < 4.78 is 0. The monoisotopic (exact) mass is 445 g/mol. The minimum Gasteiger partial charge on any atom is -0.351 e. The number of carbonyl (C=O) groups excluding carboxylic acids is 1. The van der Waals surface area contributed by atoms with E-state index in [0.717, 1.165) is 34.1 Å². The number of halogens is 2. The Labute approximate surface area is 178 Å². The molecule has 6 nitrogen and oxygen atoms in total. The summed E-state index contributed by atoms with van der Waals surface area (Å²) in [5, 5.41) is 8.71. The number of aryl methyl sites for hydroxylation is 1. The number of aromatic nitrogens is 3. The van der Waals surface area contributed by atoms with Crippen LogP contribution in [-0.4, -0.2) is 33.9 Å². The van der Waals surface area contributed by atoms with E-state index in [9.17, 15) is 4.79 Å². The van der Waals surface area contributed by atoms with E-state index in [4.69, 9.17) is 5.73 Å². The average molecular weight is 446 g/mol. The molecule has 146 valence electrons. The number of rotatable bonds is 8. The molecule has 0 aliphatic rings. The molecule has 0 radical (unpaired) electrons. The SMILES string of the molecule is Cl.Cl.NCCc1nc(C(=O)NCCCc2nc(-c3ccncc3)cs2)cs1. The Hall–Kier alpha value is -1.58. The van der Waals surface area contributed by atoms with Crippen molar-refractivity contribution in [3.05, 3.63) is 51.0 Å². The molecular formula is C17H21Cl2N5OS2. The third-order valence-electron chi connectivity index (χ3n) is 3.52. The van der Waals surface area contributed by atoms with Crippen LogP contribution < -0.4 is 11.1 Å². The van der Waals surface area contributed by atoms with Gasteiger partial charge in [0.05, 0.1) is 15.7 Å². The van der Waals surface area contributed by atoms with Crippen molar-refractivity contribution in [2.45, 2.75) is 19.3 Å². The molecule has 3 N–H and O–H groups in total. The molecule has 3 aromatic rings. The van der Waals surface area contributed by atoms with E-state index in [1.807, 2.05) is 12.1 Å². The lowest BCUT2D eigenvalue weighted by molar-refractivity contribution is 0.0948. The molecule has 0 aromatic carbocycles. The van der Waals surface area contributed by atoms with Crippen LogP contribution in [0.4, 0.5) is 0 Å². The Balaban J connectivity index is 0.00000182. The molecule has 3 aromatic heterocycles. The second-order valence-corrected chi connectivity index (χ2v) is 7.27. The van der Waals surface area contributed by atoms with E-state index in [-0.39, 0.29) is 30.7 Å². The largest absolute Gasteiger partial charge is 0.351 e.